The van der Waals surface area contributed by atoms with E-state index in [-0.39, 0.29) is 11.8 Å². The summed E-state index contributed by atoms with van der Waals surface area (Å²) < 4.78 is 2.89. The molecule has 108 valence electrons. The molecule has 0 amide bonds. The number of benzene rings is 1. The zero-order valence-corrected chi connectivity index (χ0v) is 13.1. The van der Waals surface area contributed by atoms with Crippen LogP contribution in [0.15, 0.2) is 43.0 Å². The van der Waals surface area contributed by atoms with Crippen LogP contribution in [0.3, 0.4) is 0 Å². The molecule has 0 radical (unpaired) electrons. The Kier molecular flexibility index (Phi) is 3.88. The minimum absolute atomic E-state index is 0.00552. The summed E-state index contributed by atoms with van der Waals surface area (Å²) in [5, 5.41) is 1.31. The van der Waals surface area contributed by atoms with Gasteiger partial charge in [0.15, 0.2) is 0 Å². The average Bonchev–Trinajstić information content (AvgIpc) is 3.13. The lowest BCUT2D eigenvalue weighted by Gasteiger charge is -2.13. The minimum Gasteiger partial charge on any atom is -0.276 e. The molecule has 4 heteroatoms. The third-order valence-electron chi connectivity index (χ3n) is 3.98. The quantitative estimate of drug-likeness (QED) is 0.719. The SMILES string of the molecule is CCC(Cc1sc2ccccc2c1C)C(=O)n1ccnc1. The molecular weight excluding hydrogens is 280 g/mol. The first kappa shape index (κ1) is 14.0. The lowest BCUT2D eigenvalue weighted by Crippen LogP contribution is -2.22. The van der Waals surface area contributed by atoms with Gasteiger partial charge in [0.1, 0.15) is 6.33 Å². The number of hydrogen-bond acceptors (Lipinski definition) is 3. The minimum atomic E-state index is 0.00552. The molecule has 2 heterocycles. The molecule has 21 heavy (non-hydrogen) atoms. The predicted molar refractivity (Wildman–Crippen MR) is 86.9 cm³/mol. The molecule has 0 saturated heterocycles. The van der Waals surface area contributed by atoms with E-state index < -0.39 is 0 Å². The Bertz CT molecular complexity index is 758. The maximum Gasteiger partial charge on any atom is 0.235 e. The van der Waals surface area contributed by atoms with E-state index in [9.17, 15) is 4.79 Å². The second kappa shape index (κ2) is 5.82. The molecular formula is C17H18N2OS. The third-order valence-corrected chi connectivity index (χ3v) is 5.27. The van der Waals surface area contributed by atoms with E-state index >= 15 is 0 Å². The van der Waals surface area contributed by atoms with Crippen molar-refractivity contribution in [2.45, 2.75) is 26.7 Å². The maximum absolute atomic E-state index is 12.5. The number of aromatic nitrogens is 2. The number of carbonyl (C=O) groups excluding carboxylic acids is 1. The average molecular weight is 298 g/mol. The highest BCUT2D eigenvalue weighted by Gasteiger charge is 2.21. The standard InChI is InChI=1S/C17H18N2OS/c1-3-13(17(20)19-9-8-18-11-19)10-16-12(2)14-6-4-5-7-15(14)21-16/h4-9,11,13H,3,10H2,1-2H3. The number of carbonyl (C=O) groups is 1. The first-order valence-corrected chi connectivity index (χ1v) is 8.01. The van der Waals surface area contributed by atoms with E-state index in [0.717, 1.165) is 12.8 Å². The first-order chi connectivity index (χ1) is 10.2. The van der Waals surface area contributed by atoms with Gasteiger partial charge in [0.25, 0.3) is 0 Å². The highest BCUT2D eigenvalue weighted by atomic mass is 32.1. The zero-order valence-electron chi connectivity index (χ0n) is 12.2. The van der Waals surface area contributed by atoms with E-state index in [1.54, 1.807) is 34.6 Å². The van der Waals surface area contributed by atoms with Crippen LogP contribution in [0.5, 0.6) is 0 Å². The normalized spacial score (nSPS) is 12.7. The summed E-state index contributed by atoms with van der Waals surface area (Å²) in [7, 11) is 0. The summed E-state index contributed by atoms with van der Waals surface area (Å²) in [6.07, 6.45) is 6.60. The molecule has 0 bridgehead atoms. The molecule has 0 spiro atoms. The highest BCUT2D eigenvalue weighted by Crippen LogP contribution is 2.32. The van der Waals surface area contributed by atoms with Gasteiger partial charge in [-0.05, 0) is 36.8 Å². The molecule has 1 unspecified atom stereocenters. The lowest BCUT2D eigenvalue weighted by molar-refractivity contribution is 0.0830. The monoisotopic (exact) mass is 298 g/mol. The van der Waals surface area contributed by atoms with Crippen molar-refractivity contribution in [1.29, 1.82) is 0 Å². The fourth-order valence-electron chi connectivity index (χ4n) is 2.65. The molecule has 3 nitrogen and oxygen atoms in total. The van der Waals surface area contributed by atoms with Gasteiger partial charge in [-0.1, -0.05) is 25.1 Å². The van der Waals surface area contributed by atoms with Crippen LogP contribution in [0.2, 0.25) is 0 Å². The largest absolute Gasteiger partial charge is 0.276 e. The topological polar surface area (TPSA) is 34.9 Å². The molecule has 2 aromatic heterocycles. The van der Waals surface area contributed by atoms with Crippen LogP contribution in [-0.2, 0) is 6.42 Å². The van der Waals surface area contributed by atoms with Crippen molar-refractivity contribution in [2.75, 3.05) is 0 Å². The van der Waals surface area contributed by atoms with Crippen molar-refractivity contribution in [1.82, 2.24) is 9.55 Å². The van der Waals surface area contributed by atoms with Crippen molar-refractivity contribution in [3.05, 3.63) is 53.4 Å². The van der Waals surface area contributed by atoms with Crippen molar-refractivity contribution >= 4 is 27.3 Å². The van der Waals surface area contributed by atoms with Gasteiger partial charge >= 0.3 is 0 Å². The van der Waals surface area contributed by atoms with Gasteiger partial charge in [0.05, 0.1) is 0 Å². The van der Waals surface area contributed by atoms with Crippen LogP contribution in [0.1, 0.15) is 28.6 Å². The van der Waals surface area contributed by atoms with E-state index in [1.807, 2.05) is 0 Å². The molecule has 3 aromatic rings. The summed E-state index contributed by atoms with van der Waals surface area (Å²) in [6.45, 7) is 4.23. The Hall–Kier alpha value is -1.94. The number of nitrogens with zero attached hydrogens (tertiary/aromatic N) is 2. The highest BCUT2D eigenvalue weighted by molar-refractivity contribution is 7.19. The van der Waals surface area contributed by atoms with Gasteiger partial charge in [-0.2, -0.15) is 0 Å². The van der Waals surface area contributed by atoms with Crippen LogP contribution < -0.4 is 0 Å². The third kappa shape index (κ3) is 2.63. The van der Waals surface area contributed by atoms with Crippen LogP contribution in [0.25, 0.3) is 10.1 Å². The Balaban J connectivity index is 1.89. The molecule has 3 rings (SSSR count). The Labute approximate surface area is 128 Å². The van der Waals surface area contributed by atoms with Crippen molar-refractivity contribution in [3.63, 3.8) is 0 Å². The van der Waals surface area contributed by atoms with E-state index in [4.69, 9.17) is 0 Å². The Morgan fingerprint density at radius 1 is 1.38 bits per heavy atom. The van der Waals surface area contributed by atoms with Gasteiger partial charge in [-0.15, -0.1) is 11.3 Å². The van der Waals surface area contributed by atoms with Gasteiger partial charge in [0.2, 0.25) is 5.91 Å². The number of thiophene rings is 1. The maximum atomic E-state index is 12.5. The van der Waals surface area contributed by atoms with Gasteiger partial charge < -0.3 is 0 Å². The first-order valence-electron chi connectivity index (χ1n) is 7.20. The summed E-state index contributed by atoms with van der Waals surface area (Å²) >= 11 is 1.81. The van der Waals surface area contributed by atoms with Crippen LogP contribution in [0.4, 0.5) is 0 Å². The van der Waals surface area contributed by atoms with Gasteiger partial charge in [-0.25, -0.2) is 4.98 Å². The van der Waals surface area contributed by atoms with Crippen molar-refractivity contribution in [3.8, 4) is 0 Å². The Morgan fingerprint density at radius 3 is 2.86 bits per heavy atom. The summed E-state index contributed by atoms with van der Waals surface area (Å²) in [4.78, 5) is 17.8. The van der Waals surface area contributed by atoms with Crippen LogP contribution >= 0.6 is 11.3 Å². The van der Waals surface area contributed by atoms with Gasteiger partial charge in [0, 0.05) is 27.9 Å². The fourth-order valence-corrected chi connectivity index (χ4v) is 3.94. The molecule has 0 aliphatic rings. The summed E-state index contributed by atoms with van der Waals surface area (Å²) in [6, 6.07) is 8.44. The number of imidazole rings is 1. The molecule has 0 aliphatic heterocycles. The Morgan fingerprint density at radius 2 is 2.19 bits per heavy atom. The van der Waals surface area contributed by atoms with E-state index in [0.29, 0.717) is 0 Å². The molecule has 0 N–H and O–H groups in total. The fraction of sp³-hybridized carbons (Fsp3) is 0.294. The van der Waals surface area contributed by atoms with E-state index in [2.05, 4.69) is 43.1 Å². The number of hydrogen-bond donors (Lipinski definition) is 0. The van der Waals surface area contributed by atoms with Crippen LogP contribution in [-0.4, -0.2) is 15.5 Å². The van der Waals surface area contributed by atoms with Crippen molar-refractivity contribution in [2.24, 2.45) is 5.92 Å². The molecule has 0 saturated carbocycles. The second-order valence-electron chi connectivity index (χ2n) is 5.26. The lowest BCUT2D eigenvalue weighted by atomic mass is 9.98. The number of rotatable bonds is 4. The summed E-state index contributed by atoms with van der Waals surface area (Å²) in [5.41, 5.74) is 1.31. The van der Waals surface area contributed by atoms with Gasteiger partial charge in [-0.3, -0.25) is 9.36 Å². The summed E-state index contributed by atoms with van der Waals surface area (Å²) in [5.74, 6) is 0.137. The zero-order chi connectivity index (χ0) is 14.8. The number of aryl methyl sites for hydroxylation is 1. The molecule has 0 aliphatic carbocycles. The molecule has 1 aromatic carbocycles. The predicted octanol–water partition coefficient (Wildman–Crippen LogP) is 4.32. The van der Waals surface area contributed by atoms with Crippen LogP contribution in [0, 0.1) is 12.8 Å². The number of fused-ring (bicyclic) bond motifs is 1. The smallest absolute Gasteiger partial charge is 0.235 e. The molecule has 1 atom stereocenters. The van der Waals surface area contributed by atoms with E-state index in [1.165, 1.54) is 20.5 Å². The molecule has 0 fully saturated rings. The second-order valence-corrected chi connectivity index (χ2v) is 6.40. The van der Waals surface area contributed by atoms with Crippen molar-refractivity contribution < 1.29 is 4.79 Å².